The van der Waals surface area contributed by atoms with Crippen LogP contribution in [0, 0.1) is 0 Å². The summed E-state index contributed by atoms with van der Waals surface area (Å²) in [5, 5.41) is 8.72. The number of carbonyl (C=O) groups is 2. The number of nitrogens with one attached hydrogen (secondary N) is 3. The van der Waals surface area contributed by atoms with E-state index < -0.39 is 0 Å². The molecule has 0 spiro atoms. The minimum Gasteiger partial charge on any atom is -0.375 e. The number of ether oxygens (including phenoxy) is 1. The van der Waals surface area contributed by atoms with E-state index in [0.29, 0.717) is 38.8 Å². The van der Waals surface area contributed by atoms with E-state index in [1.165, 1.54) is 4.90 Å². The molecular weight excluding hydrogens is 322 g/mol. The maximum Gasteiger partial charge on any atom is 0.324 e. The molecule has 1 fully saturated rings. The maximum absolute atomic E-state index is 11.5. The fraction of sp³-hybridized carbons (Fsp3) is 0.471. The molecule has 1 aliphatic heterocycles. The van der Waals surface area contributed by atoms with Crippen LogP contribution in [0.2, 0.25) is 0 Å². The summed E-state index contributed by atoms with van der Waals surface area (Å²) < 4.78 is 5.59. The Kier molecular flexibility index (Phi) is 7.71. The van der Waals surface area contributed by atoms with Gasteiger partial charge >= 0.3 is 6.03 Å². The number of imide groups is 1. The molecule has 1 heterocycles. The number of hydrogen-bond acceptors (Lipinski definition) is 4. The van der Waals surface area contributed by atoms with Crippen molar-refractivity contribution in [2.75, 3.05) is 39.3 Å². The van der Waals surface area contributed by atoms with E-state index in [2.05, 4.69) is 20.9 Å². The molecule has 25 heavy (non-hydrogen) atoms. The van der Waals surface area contributed by atoms with Crippen LogP contribution in [-0.4, -0.2) is 62.1 Å². The Balaban J connectivity index is 1.67. The van der Waals surface area contributed by atoms with E-state index in [1.54, 1.807) is 0 Å². The van der Waals surface area contributed by atoms with Crippen LogP contribution < -0.4 is 16.0 Å². The summed E-state index contributed by atoms with van der Waals surface area (Å²) in [4.78, 5) is 28.6. The zero-order valence-electron chi connectivity index (χ0n) is 14.5. The molecule has 2 rings (SSSR count). The van der Waals surface area contributed by atoms with E-state index in [9.17, 15) is 9.59 Å². The Labute approximate surface area is 147 Å². The van der Waals surface area contributed by atoms with Gasteiger partial charge in [-0.2, -0.15) is 0 Å². The molecule has 1 aromatic carbocycles. The molecule has 0 atom stereocenters. The number of rotatable bonds is 9. The molecule has 1 aromatic rings. The van der Waals surface area contributed by atoms with Crippen molar-refractivity contribution in [1.82, 2.24) is 20.9 Å². The minimum atomic E-state index is -0.344. The van der Waals surface area contributed by atoms with E-state index in [-0.39, 0.29) is 18.5 Å². The Hall–Kier alpha value is -2.61. The molecule has 3 N–H and O–H groups in total. The van der Waals surface area contributed by atoms with Crippen molar-refractivity contribution in [3.63, 3.8) is 0 Å². The topological polar surface area (TPSA) is 95.1 Å². The van der Waals surface area contributed by atoms with Crippen LogP contribution in [0.3, 0.4) is 0 Å². The first-order chi connectivity index (χ1) is 12.2. The molecule has 136 valence electrons. The lowest BCUT2D eigenvalue weighted by Gasteiger charge is -2.15. The van der Waals surface area contributed by atoms with Gasteiger partial charge in [-0.15, -0.1) is 0 Å². The van der Waals surface area contributed by atoms with Crippen molar-refractivity contribution in [3.05, 3.63) is 35.9 Å². The van der Waals surface area contributed by atoms with Gasteiger partial charge in [-0.1, -0.05) is 30.3 Å². The molecule has 0 aromatic heterocycles. The first kappa shape index (κ1) is 18.7. The summed E-state index contributed by atoms with van der Waals surface area (Å²) >= 11 is 0. The Morgan fingerprint density at radius 2 is 2.08 bits per heavy atom. The van der Waals surface area contributed by atoms with Gasteiger partial charge in [0.15, 0.2) is 5.96 Å². The highest BCUT2D eigenvalue weighted by atomic mass is 16.5. The van der Waals surface area contributed by atoms with E-state index in [1.807, 2.05) is 37.3 Å². The van der Waals surface area contributed by atoms with Crippen LogP contribution in [0.25, 0.3) is 0 Å². The summed E-state index contributed by atoms with van der Waals surface area (Å²) in [5.74, 6) is 0.431. The van der Waals surface area contributed by atoms with Crippen molar-refractivity contribution in [1.29, 1.82) is 0 Å². The zero-order chi connectivity index (χ0) is 17.9. The molecule has 0 unspecified atom stereocenters. The van der Waals surface area contributed by atoms with E-state index in [4.69, 9.17) is 4.74 Å². The molecule has 0 radical (unpaired) electrons. The summed E-state index contributed by atoms with van der Waals surface area (Å²) in [5.41, 5.74) is 1.13. The molecule has 1 saturated heterocycles. The second-order valence-electron chi connectivity index (χ2n) is 5.43. The van der Waals surface area contributed by atoms with Gasteiger partial charge in [0, 0.05) is 19.6 Å². The lowest BCUT2D eigenvalue weighted by molar-refractivity contribution is -0.124. The number of amides is 3. The van der Waals surface area contributed by atoms with Crippen LogP contribution >= 0.6 is 0 Å². The van der Waals surface area contributed by atoms with Crippen LogP contribution in [-0.2, 0) is 16.1 Å². The fourth-order valence-corrected chi connectivity index (χ4v) is 2.30. The smallest absolute Gasteiger partial charge is 0.324 e. The third kappa shape index (κ3) is 6.42. The average molecular weight is 347 g/mol. The highest BCUT2D eigenvalue weighted by Crippen LogP contribution is 2.00. The fourth-order valence-electron chi connectivity index (χ4n) is 2.30. The van der Waals surface area contributed by atoms with Gasteiger partial charge < -0.3 is 20.7 Å². The second kappa shape index (κ2) is 10.3. The average Bonchev–Trinajstić information content (AvgIpc) is 2.94. The Morgan fingerprint density at radius 1 is 1.28 bits per heavy atom. The largest absolute Gasteiger partial charge is 0.375 e. The predicted molar refractivity (Wildman–Crippen MR) is 95.2 cm³/mol. The van der Waals surface area contributed by atoms with Gasteiger partial charge in [0.05, 0.1) is 26.3 Å². The van der Waals surface area contributed by atoms with Crippen LogP contribution in [0.1, 0.15) is 12.5 Å². The molecule has 0 bridgehead atoms. The zero-order valence-corrected chi connectivity index (χ0v) is 14.5. The summed E-state index contributed by atoms with van der Waals surface area (Å²) in [6.45, 7) is 5.11. The summed E-state index contributed by atoms with van der Waals surface area (Å²) in [6.07, 6.45) is 0. The standard InChI is InChI=1S/C17H25N5O3/c1-2-18-16(19-8-10-22-15(23)12-21-17(22)24)20-9-11-25-13-14-6-4-3-5-7-14/h3-7H,2,8-13H2,1H3,(H,21,24)(H2,18,19,20). The van der Waals surface area contributed by atoms with Crippen molar-refractivity contribution < 1.29 is 14.3 Å². The minimum absolute atomic E-state index is 0.0751. The van der Waals surface area contributed by atoms with Crippen molar-refractivity contribution in [2.24, 2.45) is 4.99 Å². The monoisotopic (exact) mass is 347 g/mol. The van der Waals surface area contributed by atoms with Crippen LogP contribution in [0.4, 0.5) is 4.79 Å². The number of carbonyl (C=O) groups excluding carboxylic acids is 2. The molecular formula is C17H25N5O3. The third-order valence-electron chi connectivity index (χ3n) is 3.53. The lowest BCUT2D eigenvalue weighted by atomic mass is 10.2. The normalized spacial score (nSPS) is 14.6. The molecule has 8 heteroatoms. The van der Waals surface area contributed by atoms with E-state index >= 15 is 0 Å². The Morgan fingerprint density at radius 3 is 2.76 bits per heavy atom. The van der Waals surface area contributed by atoms with Gasteiger partial charge in [-0.25, -0.2) is 4.79 Å². The third-order valence-corrected chi connectivity index (χ3v) is 3.53. The van der Waals surface area contributed by atoms with Gasteiger partial charge in [0.25, 0.3) is 0 Å². The van der Waals surface area contributed by atoms with Gasteiger partial charge in [-0.05, 0) is 12.5 Å². The maximum atomic E-state index is 11.5. The highest BCUT2D eigenvalue weighted by molar-refractivity contribution is 6.01. The molecule has 8 nitrogen and oxygen atoms in total. The summed E-state index contributed by atoms with van der Waals surface area (Å²) in [6, 6.07) is 9.63. The predicted octanol–water partition coefficient (Wildman–Crippen LogP) is 0.310. The number of hydrogen-bond donors (Lipinski definition) is 3. The number of urea groups is 1. The number of nitrogens with zero attached hydrogens (tertiary/aromatic N) is 2. The number of aliphatic imine (C=N–C) groups is 1. The first-order valence-corrected chi connectivity index (χ1v) is 8.42. The molecule has 1 aliphatic rings. The van der Waals surface area contributed by atoms with Crippen molar-refractivity contribution in [3.8, 4) is 0 Å². The quantitative estimate of drug-likeness (QED) is 0.259. The van der Waals surface area contributed by atoms with Crippen LogP contribution in [0.15, 0.2) is 35.3 Å². The first-order valence-electron chi connectivity index (χ1n) is 8.42. The van der Waals surface area contributed by atoms with Crippen LogP contribution in [0.5, 0.6) is 0 Å². The number of benzene rings is 1. The summed E-state index contributed by atoms with van der Waals surface area (Å²) in [7, 11) is 0. The highest BCUT2D eigenvalue weighted by Gasteiger charge is 2.27. The molecule has 0 aliphatic carbocycles. The SMILES string of the molecule is CCNC(=NCCOCc1ccccc1)NCCN1C(=O)CNC1=O. The van der Waals surface area contributed by atoms with Gasteiger partial charge in [0.1, 0.15) is 0 Å². The van der Waals surface area contributed by atoms with E-state index in [0.717, 1.165) is 12.1 Å². The second-order valence-corrected chi connectivity index (χ2v) is 5.43. The molecule has 0 saturated carbocycles. The molecule has 3 amide bonds. The van der Waals surface area contributed by atoms with Crippen molar-refractivity contribution in [2.45, 2.75) is 13.5 Å². The van der Waals surface area contributed by atoms with Gasteiger partial charge in [0.2, 0.25) is 5.91 Å². The van der Waals surface area contributed by atoms with Crippen molar-refractivity contribution >= 4 is 17.9 Å². The van der Waals surface area contributed by atoms with Gasteiger partial charge in [-0.3, -0.25) is 14.7 Å². The Bertz CT molecular complexity index is 575. The lowest BCUT2D eigenvalue weighted by Crippen LogP contribution is -2.43. The number of guanidine groups is 1.